The highest BCUT2D eigenvalue weighted by molar-refractivity contribution is 6.35. The van der Waals surface area contributed by atoms with Gasteiger partial charge in [-0.25, -0.2) is 4.98 Å². The molecule has 1 aliphatic carbocycles. The molecule has 1 N–H and O–H groups in total. The topological polar surface area (TPSA) is 50.2 Å². The van der Waals surface area contributed by atoms with E-state index in [1.54, 1.807) is 32.1 Å². The van der Waals surface area contributed by atoms with Crippen molar-refractivity contribution in [2.24, 2.45) is 0 Å². The number of aliphatic hydroxyl groups is 1. The van der Waals surface area contributed by atoms with E-state index in [2.05, 4.69) is 4.98 Å². The van der Waals surface area contributed by atoms with Crippen LogP contribution in [0.1, 0.15) is 33.4 Å². The normalized spacial score (nSPS) is 17.8. The quantitative estimate of drug-likeness (QED) is 0.754. The minimum absolute atomic E-state index is 0.0124. The maximum atomic E-state index is 12.5. The smallest absolute Gasteiger partial charge is 0.199 e. The summed E-state index contributed by atoms with van der Waals surface area (Å²) in [4.78, 5) is 17.0. The third-order valence-electron chi connectivity index (χ3n) is 3.69. The number of carbonyl (C=O) groups excluding carboxylic acids is 1. The van der Waals surface area contributed by atoms with Crippen molar-refractivity contribution in [2.75, 3.05) is 0 Å². The summed E-state index contributed by atoms with van der Waals surface area (Å²) in [6, 6.07) is 11.4. The molecule has 118 valence electrons. The molecule has 1 aliphatic rings. The third kappa shape index (κ3) is 2.82. The van der Waals surface area contributed by atoms with Crippen LogP contribution < -0.4 is 0 Å². The molecule has 1 aromatic carbocycles. The largest absolute Gasteiger partial charge is 0.506 e. The summed E-state index contributed by atoms with van der Waals surface area (Å²) in [6.45, 7) is 7.60. The van der Waals surface area contributed by atoms with Crippen molar-refractivity contribution < 1.29 is 9.90 Å². The second-order valence-corrected chi connectivity index (χ2v) is 4.85. The number of benzene rings is 1. The van der Waals surface area contributed by atoms with E-state index < -0.39 is 0 Å². The Kier molecular flexibility index (Phi) is 5.12. The van der Waals surface area contributed by atoms with Crippen molar-refractivity contribution in [2.45, 2.75) is 27.7 Å². The van der Waals surface area contributed by atoms with Crippen LogP contribution in [0.3, 0.4) is 0 Å². The Morgan fingerprint density at radius 3 is 2.22 bits per heavy atom. The van der Waals surface area contributed by atoms with Crippen LogP contribution in [0.5, 0.6) is 0 Å². The number of hydrogen-bond acceptors (Lipinski definition) is 3. The monoisotopic (exact) mass is 307 g/mol. The van der Waals surface area contributed by atoms with Crippen LogP contribution in [-0.4, -0.2) is 15.9 Å². The molecule has 0 radical (unpaired) electrons. The molecule has 0 unspecified atom stereocenters. The second-order valence-electron chi connectivity index (χ2n) is 4.85. The molecule has 0 saturated carbocycles. The van der Waals surface area contributed by atoms with E-state index in [0.717, 1.165) is 10.9 Å². The van der Waals surface area contributed by atoms with Crippen molar-refractivity contribution in [1.29, 1.82) is 0 Å². The standard InChI is InChI=1S/C18H15NO2.C2H6/c1-3-12-13(4-2)18(21)16(17(12)20)15-10-9-11-7-5-6-8-14(11)19-15;1-2/h3-10,20H,1-2H3;1-2H3/b12-3+,13-4+;. The van der Waals surface area contributed by atoms with Gasteiger partial charge in [-0.2, -0.15) is 0 Å². The average molecular weight is 307 g/mol. The molecule has 0 spiro atoms. The van der Waals surface area contributed by atoms with Crippen LogP contribution in [0.4, 0.5) is 0 Å². The zero-order valence-electron chi connectivity index (χ0n) is 13.9. The molecule has 0 atom stereocenters. The zero-order chi connectivity index (χ0) is 17.0. The van der Waals surface area contributed by atoms with E-state index in [0.29, 0.717) is 16.8 Å². The highest BCUT2D eigenvalue weighted by Crippen LogP contribution is 2.37. The Bertz CT molecular complexity index is 842. The van der Waals surface area contributed by atoms with E-state index in [4.69, 9.17) is 0 Å². The van der Waals surface area contributed by atoms with Gasteiger partial charge in [0.2, 0.25) is 0 Å². The lowest BCUT2D eigenvalue weighted by atomic mass is 10.1. The van der Waals surface area contributed by atoms with Crippen molar-refractivity contribution in [3.05, 3.63) is 71.1 Å². The van der Waals surface area contributed by atoms with Gasteiger partial charge >= 0.3 is 0 Å². The summed E-state index contributed by atoms with van der Waals surface area (Å²) in [6.07, 6.45) is 3.47. The number of ketones is 1. The highest BCUT2D eigenvalue weighted by atomic mass is 16.3. The maximum absolute atomic E-state index is 12.5. The first-order valence-electron chi connectivity index (χ1n) is 7.85. The molecule has 3 nitrogen and oxygen atoms in total. The molecule has 0 amide bonds. The number of Topliss-reactive ketones (excluding diaryl/α,β-unsaturated/α-hetero) is 1. The lowest BCUT2D eigenvalue weighted by Gasteiger charge is -2.03. The van der Waals surface area contributed by atoms with Gasteiger partial charge in [-0.05, 0) is 26.0 Å². The lowest BCUT2D eigenvalue weighted by molar-refractivity contribution is -0.110. The number of nitrogens with zero attached hydrogens (tertiary/aromatic N) is 1. The number of pyridine rings is 1. The number of rotatable bonds is 1. The Morgan fingerprint density at radius 1 is 0.957 bits per heavy atom. The molecule has 0 aliphatic heterocycles. The molecular formula is C20H21NO2. The van der Waals surface area contributed by atoms with Gasteiger partial charge < -0.3 is 5.11 Å². The highest BCUT2D eigenvalue weighted by Gasteiger charge is 2.33. The lowest BCUT2D eigenvalue weighted by Crippen LogP contribution is -2.01. The number of fused-ring (bicyclic) bond motifs is 1. The van der Waals surface area contributed by atoms with Crippen LogP contribution in [0.2, 0.25) is 0 Å². The van der Waals surface area contributed by atoms with Crippen LogP contribution in [-0.2, 0) is 4.79 Å². The van der Waals surface area contributed by atoms with Crippen LogP contribution in [0.15, 0.2) is 65.5 Å². The van der Waals surface area contributed by atoms with Gasteiger partial charge in [0, 0.05) is 16.5 Å². The Labute approximate surface area is 136 Å². The number of aromatic nitrogens is 1. The van der Waals surface area contributed by atoms with E-state index in [-0.39, 0.29) is 17.1 Å². The number of para-hydroxylation sites is 1. The molecule has 3 rings (SSSR count). The van der Waals surface area contributed by atoms with E-state index in [1.807, 2.05) is 44.2 Å². The predicted octanol–water partition coefficient (Wildman–Crippen LogP) is 5.01. The molecule has 3 heteroatoms. The Morgan fingerprint density at radius 2 is 1.61 bits per heavy atom. The summed E-state index contributed by atoms with van der Waals surface area (Å²) in [7, 11) is 0. The molecule has 0 fully saturated rings. The molecule has 2 aromatic rings. The SMILES string of the molecule is C/C=C1/C(=O)C(c2ccc3ccccc3n2)=C(O)/C1=C/C.CC. The van der Waals surface area contributed by atoms with Crippen molar-refractivity contribution in [3.8, 4) is 0 Å². The number of allylic oxidation sites excluding steroid dienone is 4. The summed E-state index contributed by atoms with van der Waals surface area (Å²) < 4.78 is 0. The molecule has 0 bridgehead atoms. The van der Waals surface area contributed by atoms with Gasteiger partial charge in [0.15, 0.2) is 5.78 Å². The second kappa shape index (κ2) is 7.05. The van der Waals surface area contributed by atoms with Crippen molar-refractivity contribution in [1.82, 2.24) is 4.98 Å². The van der Waals surface area contributed by atoms with Gasteiger partial charge in [-0.1, -0.05) is 50.3 Å². The van der Waals surface area contributed by atoms with Gasteiger partial charge in [0.1, 0.15) is 5.76 Å². The molecule has 0 saturated heterocycles. The minimum Gasteiger partial charge on any atom is -0.506 e. The van der Waals surface area contributed by atoms with Crippen LogP contribution >= 0.6 is 0 Å². The summed E-state index contributed by atoms with van der Waals surface area (Å²) >= 11 is 0. The van der Waals surface area contributed by atoms with Crippen molar-refractivity contribution in [3.63, 3.8) is 0 Å². The van der Waals surface area contributed by atoms with E-state index in [9.17, 15) is 9.90 Å². The zero-order valence-corrected chi connectivity index (χ0v) is 13.9. The van der Waals surface area contributed by atoms with Gasteiger partial charge in [0.25, 0.3) is 0 Å². The number of aliphatic hydroxyl groups excluding tert-OH is 1. The summed E-state index contributed by atoms with van der Waals surface area (Å²) in [5.74, 6) is -0.163. The number of hydrogen-bond donors (Lipinski definition) is 1. The Balaban J connectivity index is 0.000000924. The number of carbonyl (C=O) groups is 1. The summed E-state index contributed by atoms with van der Waals surface area (Å²) in [5.41, 5.74) is 2.70. The first-order chi connectivity index (χ1) is 11.2. The van der Waals surface area contributed by atoms with Crippen LogP contribution in [0.25, 0.3) is 16.5 Å². The van der Waals surface area contributed by atoms with Gasteiger partial charge in [-0.15, -0.1) is 0 Å². The fourth-order valence-corrected chi connectivity index (χ4v) is 2.65. The minimum atomic E-state index is -0.175. The van der Waals surface area contributed by atoms with Gasteiger partial charge in [-0.3, -0.25) is 4.79 Å². The summed E-state index contributed by atoms with van der Waals surface area (Å²) in [5, 5.41) is 11.4. The van der Waals surface area contributed by atoms with Crippen LogP contribution in [0, 0.1) is 0 Å². The fourth-order valence-electron chi connectivity index (χ4n) is 2.65. The third-order valence-corrected chi connectivity index (χ3v) is 3.69. The van der Waals surface area contributed by atoms with Crippen molar-refractivity contribution >= 4 is 22.3 Å². The van der Waals surface area contributed by atoms with Gasteiger partial charge in [0.05, 0.1) is 16.8 Å². The molecule has 1 heterocycles. The predicted molar refractivity (Wildman–Crippen MR) is 95.2 cm³/mol. The first-order valence-corrected chi connectivity index (χ1v) is 7.85. The molecule has 1 aromatic heterocycles. The van der Waals surface area contributed by atoms with E-state index in [1.165, 1.54) is 0 Å². The Hall–Kier alpha value is -2.68. The maximum Gasteiger partial charge on any atom is 0.199 e. The first kappa shape index (κ1) is 16.7. The fraction of sp³-hybridized carbons (Fsp3) is 0.200. The van der Waals surface area contributed by atoms with E-state index >= 15 is 0 Å². The molecule has 23 heavy (non-hydrogen) atoms. The molecular weight excluding hydrogens is 286 g/mol. The average Bonchev–Trinajstić information content (AvgIpc) is 2.85.